The number of thioether (sulfide) groups is 1. The lowest BCUT2D eigenvalue weighted by Gasteiger charge is -2.21. The first-order valence-corrected chi connectivity index (χ1v) is 6.90. The minimum atomic E-state index is -0.208. The molecule has 17 heavy (non-hydrogen) atoms. The van der Waals surface area contributed by atoms with Gasteiger partial charge in [-0.15, -0.1) is 11.8 Å². The summed E-state index contributed by atoms with van der Waals surface area (Å²) >= 11 is 1.87. The first-order chi connectivity index (χ1) is 7.97. The lowest BCUT2D eigenvalue weighted by atomic mass is 9.82. The first kappa shape index (κ1) is 12.5. The van der Waals surface area contributed by atoms with E-state index in [2.05, 4.69) is 13.8 Å². The highest BCUT2D eigenvalue weighted by atomic mass is 32.2. The number of fused-ring (bicyclic) bond motifs is 1. The lowest BCUT2D eigenvalue weighted by Crippen LogP contribution is -2.19. The largest absolute Gasteiger partial charge is 0.462 e. The zero-order chi connectivity index (χ0) is 12.6. The van der Waals surface area contributed by atoms with Crippen molar-refractivity contribution in [2.75, 3.05) is 12.4 Å². The van der Waals surface area contributed by atoms with Crippen LogP contribution in [0.4, 0.5) is 0 Å². The highest BCUT2D eigenvalue weighted by molar-refractivity contribution is 7.99. The van der Waals surface area contributed by atoms with E-state index in [1.54, 1.807) is 0 Å². The molecule has 0 bridgehead atoms. The summed E-state index contributed by atoms with van der Waals surface area (Å²) in [6, 6.07) is 3.94. The van der Waals surface area contributed by atoms with Gasteiger partial charge < -0.3 is 4.74 Å². The fourth-order valence-corrected chi connectivity index (χ4v) is 3.81. The van der Waals surface area contributed by atoms with E-state index in [0.717, 1.165) is 11.3 Å². The highest BCUT2D eigenvalue weighted by Gasteiger charge is 2.33. The van der Waals surface area contributed by atoms with E-state index in [0.29, 0.717) is 12.2 Å². The van der Waals surface area contributed by atoms with Crippen molar-refractivity contribution in [1.82, 2.24) is 0 Å². The van der Waals surface area contributed by atoms with Crippen LogP contribution in [0.5, 0.6) is 0 Å². The molecule has 1 heterocycles. The fraction of sp³-hybridized carbons (Fsp3) is 0.500. The zero-order valence-corrected chi connectivity index (χ0v) is 11.6. The third-order valence-electron chi connectivity index (χ3n) is 3.19. The van der Waals surface area contributed by atoms with E-state index < -0.39 is 0 Å². The average molecular weight is 250 g/mol. The normalized spacial score (nSPS) is 16.7. The molecule has 0 saturated carbocycles. The number of hydrogen-bond donors (Lipinski definition) is 0. The molecule has 0 saturated heterocycles. The highest BCUT2D eigenvalue weighted by Crippen LogP contribution is 2.45. The minimum absolute atomic E-state index is 0.145. The van der Waals surface area contributed by atoms with Crippen molar-refractivity contribution in [3.05, 3.63) is 28.8 Å². The van der Waals surface area contributed by atoms with Gasteiger partial charge in [0.15, 0.2) is 0 Å². The van der Waals surface area contributed by atoms with Crippen LogP contribution in [0.15, 0.2) is 17.0 Å². The molecule has 2 nitrogen and oxygen atoms in total. The van der Waals surface area contributed by atoms with Crippen molar-refractivity contribution >= 4 is 17.7 Å². The number of rotatable bonds is 2. The SMILES string of the molecule is CCOC(=O)c1ccc2c(c1C)C(C)(C)CS2. The van der Waals surface area contributed by atoms with Gasteiger partial charge in [-0.1, -0.05) is 13.8 Å². The Hall–Kier alpha value is -0.960. The monoisotopic (exact) mass is 250 g/mol. The van der Waals surface area contributed by atoms with E-state index in [1.165, 1.54) is 10.5 Å². The molecular weight excluding hydrogens is 232 g/mol. The summed E-state index contributed by atoms with van der Waals surface area (Å²) in [5.41, 5.74) is 3.25. The number of hydrogen-bond acceptors (Lipinski definition) is 3. The summed E-state index contributed by atoms with van der Waals surface area (Å²) in [7, 11) is 0. The average Bonchev–Trinajstić information content (AvgIpc) is 2.56. The van der Waals surface area contributed by atoms with Crippen molar-refractivity contribution in [3.63, 3.8) is 0 Å². The molecule has 3 heteroatoms. The smallest absolute Gasteiger partial charge is 0.338 e. The maximum Gasteiger partial charge on any atom is 0.338 e. The number of benzene rings is 1. The topological polar surface area (TPSA) is 26.3 Å². The maximum atomic E-state index is 11.8. The van der Waals surface area contributed by atoms with Crippen LogP contribution in [0.1, 0.15) is 42.3 Å². The molecule has 0 atom stereocenters. The molecule has 0 spiro atoms. The minimum Gasteiger partial charge on any atom is -0.462 e. The Morgan fingerprint density at radius 1 is 1.47 bits per heavy atom. The van der Waals surface area contributed by atoms with Gasteiger partial charge in [-0.2, -0.15) is 0 Å². The second kappa shape index (κ2) is 4.37. The van der Waals surface area contributed by atoms with Gasteiger partial charge in [0, 0.05) is 16.1 Å². The number of esters is 1. The molecule has 0 amide bonds. The number of carbonyl (C=O) groups excluding carboxylic acids is 1. The quantitative estimate of drug-likeness (QED) is 0.751. The third-order valence-corrected chi connectivity index (χ3v) is 4.70. The van der Waals surface area contributed by atoms with Crippen LogP contribution in [0.25, 0.3) is 0 Å². The van der Waals surface area contributed by atoms with Crippen LogP contribution in [0, 0.1) is 6.92 Å². The molecule has 0 radical (unpaired) electrons. The Bertz CT molecular complexity index is 464. The molecule has 0 aromatic heterocycles. The van der Waals surface area contributed by atoms with Gasteiger partial charge in [0.05, 0.1) is 12.2 Å². The molecule has 1 aliphatic heterocycles. The number of ether oxygens (including phenoxy) is 1. The van der Waals surface area contributed by atoms with Gasteiger partial charge in [-0.05, 0) is 37.1 Å². The molecule has 0 N–H and O–H groups in total. The summed E-state index contributed by atoms with van der Waals surface area (Å²) < 4.78 is 5.09. The molecule has 2 rings (SSSR count). The molecule has 1 aromatic carbocycles. The maximum absolute atomic E-state index is 11.8. The van der Waals surface area contributed by atoms with Crippen molar-refractivity contribution in [2.24, 2.45) is 0 Å². The van der Waals surface area contributed by atoms with Crippen molar-refractivity contribution < 1.29 is 9.53 Å². The van der Waals surface area contributed by atoms with Crippen molar-refractivity contribution in [2.45, 2.75) is 38.0 Å². The van der Waals surface area contributed by atoms with Crippen LogP contribution >= 0.6 is 11.8 Å². The van der Waals surface area contributed by atoms with Crippen LogP contribution in [0.3, 0.4) is 0 Å². The molecule has 1 aromatic rings. The van der Waals surface area contributed by atoms with Crippen molar-refractivity contribution in [3.8, 4) is 0 Å². The summed E-state index contributed by atoms with van der Waals surface area (Å²) in [4.78, 5) is 13.2. The van der Waals surface area contributed by atoms with E-state index in [1.807, 2.05) is 37.7 Å². The molecule has 1 aliphatic rings. The second-order valence-corrected chi connectivity index (χ2v) is 6.02. The Morgan fingerprint density at radius 2 is 2.18 bits per heavy atom. The van der Waals surface area contributed by atoms with E-state index in [-0.39, 0.29) is 11.4 Å². The molecule has 92 valence electrons. The summed E-state index contributed by atoms with van der Waals surface area (Å²) in [6.07, 6.45) is 0. The van der Waals surface area contributed by atoms with Gasteiger partial charge >= 0.3 is 5.97 Å². The van der Waals surface area contributed by atoms with E-state index in [4.69, 9.17) is 4.74 Å². The Labute approximate surface area is 107 Å². The van der Waals surface area contributed by atoms with Gasteiger partial charge in [0.2, 0.25) is 0 Å². The Balaban J connectivity index is 2.50. The van der Waals surface area contributed by atoms with Crippen LogP contribution in [-0.4, -0.2) is 18.3 Å². The molecule has 0 unspecified atom stereocenters. The summed E-state index contributed by atoms with van der Waals surface area (Å²) in [5, 5.41) is 0. The fourth-order valence-electron chi connectivity index (χ4n) is 2.41. The predicted molar refractivity (Wildman–Crippen MR) is 70.9 cm³/mol. The predicted octanol–water partition coefficient (Wildman–Crippen LogP) is 3.56. The Kier molecular flexibility index (Phi) is 3.21. The van der Waals surface area contributed by atoms with Gasteiger partial charge in [0.25, 0.3) is 0 Å². The third kappa shape index (κ3) is 2.08. The lowest BCUT2D eigenvalue weighted by molar-refractivity contribution is 0.0525. The van der Waals surface area contributed by atoms with Crippen LogP contribution < -0.4 is 0 Å². The standard InChI is InChI=1S/C14H18O2S/c1-5-16-13(15)10-6-7-11-12(9(10)2)14(3,4)8-17-11/h6-7H,5,8H2,1-4H3. The Morgan fingerprint density at radius 3 is 2.82 bits per heavy atom. The summed E-state index contributed by atoms with van der Waals surface area (Å²) in [5.74, 6) is 0.871. The zero-order valence-electron chi connectivity index (χ0n) is 10.8. The number of carbonyl (C=O) groups is 1. The van der Waals surface area contributed by atoms with Crippen LogP contribution in [-0.2, 0) is 10.2 Å². The van der Waals surface area contributed by atoms with Gasteiger partial charge in [-0.3, -0.25) is 0 Å². The summed E-state index contributed by atoms with van der Waals surface area (Å²) in [6.45, 7) is 8.74. The van der Waals surface area contributed by atoms with Crippen molar-refractivity contribution in [1.29, 1.82) is 0 Å². The second-order valence-electron chi connectivity index (χ2n) is 5.00. The van der Waals surface area contributed by atoms with Gasteiger partial charge in [0.1, 0.15) is 0 Å². The first-order valence-electron chi connectivity index (χ1n) is 5.91. The van der Waals surface area contributed by atoms with E-state index >= 15 is 0 Å². The van der Waals surface area contributed by atoms with Gasteiger partial charge in [-0.25, -0.2) is 4.79 Å². The molecular formula is C14H18O2S. The molecule has 0 fully saturated rings. The molecule has 0 aliphatic carbocycles. The van der Waals surface area contributed by atoms with E-state index in [9.17, 15) is 4.79 Å². The van der Waals surface area contributed by atoms with Crippen LogP contribution in [0.2, 0.25) is 0 Å².